The van der Waals surface area contributed by atoms with Crippen LogP contribution in [0.1, 0.15) is 18.4 Å². The summed E-state index contributed by atoms with van der Waals surface area (Å²) in [6.45, 7) is 2.91. The van der Waals surface area contributed by atoms with Gasteiger partial charge in [-0.05, 0) is 18.4 Å². The SMILES string of the molecule is CNc1cc(N2CCCC2CNC/C=C/c2ccccc2)ncn1. The summed E-state index contributed by atoms with van der Waals surface area (Å²) in [5.74, 6) is 1.88. The van der Waals surface area contributed by atoms with Crippen molar-refractivity contribution in [3.8, 4) is 0 Å². The summed E-state index contributed by atoms with van der Waals surface area (Å²) in [5.41, 5.74) is 1.24. The van der Waals surface area contributed by atoms with Crippen LogP contribution in [0.15, 0.2) is 48.8 Å². The Kier molecular flexibility index (Phi) is 5.80. The number of anilines is 2. The van der Waals surface area contributed by atoms with Crippen molar-refractivity contribution in [2.45, 2.75) is 18.9 Å². The smallest absolute Gasteiger partial charge is 0.134 e. The van der Waals surface area contributed by atoms with E-state index >= 15 is 0 Å². The van der Waals surface area contributed by atoms with Crippen LogP contribution in [0.2, 0.25) is 0 Å². The van der Waals surface area contributed by atoms with Gasteiger partial charge in [0.2, 0.25) is 0 Å². The quantitative estimate of drug-likeness (QED) is 0.768. The van der Waals surface area contributed by atoms with E-state index in [2.05, 4.69) is 61.9 Å². The lowest BCUT2D eigenvalue weighted by Crippen LogP contribution is -2.38. The molecule has 1 saturated heterocycles. The summed E-state index contributed by atoms with van der Waals surface area (Å²) in [6, 6.07) is 12.9. The van der Waals surface area contributed by atoms with Crippen molar-refractivity contribution in [3.05, 3.63) is 54.4 Å². The Morgan fingerprint density at radius 3 is 2.96 bits per heavy atom. The predicted octanol–water partition coefficient (Wildman–Crippen LogP) is 2.79. The number of hydrogen-bond donors (Lipinski definition) is 2. The maximum Gasteiger partial charge on any atom is 0.134 e. The minimum absolute atomic E-state index is 0.495. The van der Waals surface area contributed by atoms with Crippen LogP contribution in [0.5, 0.6) is 0 Å². The number of aromatic nitrogens is 2. The molecule has 126 valence electrons. The number of benzene rings is 1. The Morgan fingerprint density at radius 2 is 2.12 bits per heavy atom. The summed E-state index contributed by atoms with van der Waals surface area (Å²) in [4.78, 5) is 11.0. The van der Waals surface area contributed by atoms with E-state index in [1.54, 1.807) is 6.33 Å². The average Bonchev–Trinajstić information content (AvgIpc) is 3.11. The van der Waals surface area contributed by atoms with Crippen molar-refractivity contribution in [3.63, 3.8) is 0 Å². The molecule has 2 aromatic rings. The Balaban J connectivity index is 1.50. The highest BCUT2D eigenvalue weighted by Crippen LogP contribution is 2.24. The van der Waals surface area contributed by atoms with Crippen LogP contribution in [0.4, 0.5) is 11.6 Å². The average molecular weight is 323 g/mol. The molecule has 5 nitrogen and oxygen atoms in total. The molecule has 2 heterocycles. The summed E-state index contributed by atoms with van der Waals surface area (Å²) in [6.07, 6.45) is 8.38. The van der Waals surface area contributed by atoms with Crippen molar-refractivity contribution in [1.82, 2.24) is 15.3 Å². The van der Waals surface area contributed by atoms with Gasteiger partial charge in [-0.25, -0.2) is 9.97 Å². The molecule has 1 aliphatic rings. The van der Waals surface area contributed by atoms with Crippen LogP contribution >= 0.6 is 0 Å². The highest BCUT2D eigenvalue weighted by atomic mass is 15.2. The van der Waals surface area contributed by atoms with E-state index < -0.39 is 0 Å². The van der Waals surface area contributed by atoms with Gasteiger partial charge in [0.15, 0.2) is 0 Å². The third kappa shape index (κ3) is 4.32. The van der Waals surface area contributed by atoms with Gasteiger partial charge in [0.25, 0.3) is 0 Å². The first kappa shape index (κ1) is 16.5. The molecule has 5 heteroatoms. The first-order valence-corrected chi connectivity index (χ1v) is 8.55. The number of nitrogens with zero attached hydrogens (tertiary/aromatic N) is 3. The zero-order valence-electron chi connectivity index (χ0n) is 14.2. The fourth-order valence-electron chi connectivity index (χ4n) is 3.08. The molecule has 0 aliphatic carbocycles. The molecule has 2 N–H and O–H groups in total. The molecule has 0 bridgehead atoms. The molecule has 24 heavy (non-hydrogen) atoms. The highest BCUT2D eigenvalue weighted by Gasteiger charge is 2.25. The third-order valence-electron chi connectivity index (χ3n) is 4.33. The lowest BCUT2D eigenvalue weighted by Gasteiger charge is -2.26. The van der Waals surface area contributed by atoms with E-state index in [0.717, 1.165) is 31.3 Å². The van der Waals surface area contributed by atoms with Crippen molar-refractivity contribution in [2.24, 2.45) is 0 Å². The Morgan fingerprint density at radius 1 is 1.25 bits per heavy atom. The molecule has 1 aromatic carbocycles. The molecule has 3 rings (SSSR count). The molecule has 0 radical (unpaired) electrons. The fraction of sp³-hybridized carbons (Fsp3) is 0.368. The van der Waals surface area contributed by atoms with E-state index in [9.17, 15) is 0 Å². The van der Waals surface area contributed by atoms with Gasteiger partial charge in [-0.1, -0.05) is 42.5 Å². The van der Waals surface area contributed by atoms with E-state index in [1.807, 2.05) is 19.2 Å². The first-order chi connectivity index (χ1) is 11.9. The second-order valence-electron chi connectivity index (χ2n) is 5.97. The van der Waals surface area contributed by atoms with Crippen molar-refractivity contribution in [1.29, 1.82) is 0 Å². The molecule has 0 spiro atoms. The third-order valence-corrected chi connectivity index (χ3v) is 4.33. The Hall–Kier alpha value is -2.40. The van der Waals surface area contributed by atoms with Crippen LogP contribution in [0.25, 0.3) is 6.08 Å². The normalized spacial score (nSPS) is 17.5. The summed E-state index contributed by atoms with van der Waals surface area (Å²) in [7, 11) is 1.88. The summed E-state index contributed by atoms with van der Waals surface area (Å²) >= 11 is 0. The maximum atomic E-state index is 4.44. The topological polar surface area (TPSA) is 53.1 Å². The molecule has 1 unspecified atom stereocenters. The van der Waals surface area contributed by atoms with Crippen LogP contribution < -0.4 is 15.5 Å². The largest absolute Gasteiger partial charge is 0.373 e. The van der Waals surface area contributed by atoms with E-state index in [1.165, 1.54) is 18.4 Å². The van der Waals surface area contributed by atoms with Crippen LogP contribution in [0.3, 0.4) is 0 Å². The predicted molar refractivity (Wildman–Crippen MR) is 100 cm³/mol. The second kappa shape index (κ2) is 8.45. The van der Waals surface area contributed by atoms with E-state index in [0.29, 0.717) is 6.04 Å². The van der Waals surface area contributed by atoms with Crippen molar-refractivity contribution in [2.75, 3.05) is 36.9 Å². The molecular formula is C19H25N5. The Bertz CT molecular complexity index is 656. The molecule has 1 aromatic heterocycles. The summed E-state index contributed by atoms with van der Waals surface area (Å²) in [5, 5.41) is 6.62. The molecule has 1 aliphatic heterocycles. The number of hydrogen-bond acceptors (Lipinski definition) is 5. The van der Waals surface area contributed by atoms with Crippen molar-refractivity contribution >= 4 is 17.7 Å². The zero-order chi connectivity index (χ0) is 16.6. The zero-order valence-corrected chi connectivity index (χ0v) is 14.2. The minimum atomic E-state index is 0.495. The van der Waals surface area contributed by atoms with Gasteiger partial charge in [0.05, 0.1) is 0 Å². The summed E-state index contributed by atoms with van der Waals surface area (Å²) < 4.78 is 0. The molecule has 1 atom stereocenters. The Labute approximate surface area is 143 Å². The molecular weight excluding hydrogens is 298 g/mol. The van der Waals surface area contributed by atoms with E-state index in [4.69, 9.17) is 0 Å². The fourth-order valence-corrected chi connectivity index (χ4v) is 3.08. The van der Waals surface area contributed by atoms with Gasteiger partial charge in [0, 0.05) is 38.8 Å². The van der Waals surface area contributed by atoms with Gasteiger partial charge < -0.3 is 15.5 Å². The van der Waals surface area contributed by atoms with Crippen LogP contribution in [0, 0.1) is 0 Å². The monoisotopic (exact) mass is 323 g/mol. The molecule has 1 fully saturated rings. The molecule has 0 saturated carbocycles. The number of nitrogens with one attached hydrogen (secondary N) is 2. The first-order valence-electron chi connectivity index (χ1n) is 8.55. The number of rotatable bonds is 7. The van der Waals surface area contributed by atoms with Gasteiger partial charge in [-0.15, -0.1) is 0 Å². The highest BCUT2D eigenvalue weighted by molar-refractivity contribution is 5.50. The second-order valence-corrected chi connectivity index (χ2v) is 5.97. The lowest BCUT2D eigenvalue weighted by molar-refractivity contribution is 0.595. The minimum Gasteiger partial charge on any atom is -0.373 e. The van der Waals surface area contributed by atoms with Crippen molar-refractivity contribution < 1.29 is 0 Å². The molecule has 0 amide bonds. The van der Waals surface area contributed by atoms with Crippen LogP contribution in [-0.4, -0.2) is 42.7 Å². The van der Waals surface area contributed by atoms with E-state index in [-0.39, 0.29) is 0 Å². The van der Waals surface area contributed by atoms with Gasteiger partial charge >= 0.3 is 0 Å². The standard InChI is InChI=1S/C19H25N5/c1-20-18-13-19(23-15-22-18)24-12-6-10-17(24)14-21-11-5-9-16-7-3-2-4-8-16/h2-5,7-9,13,15,17,21H,6,10-12,14H2,1H3,(H,20,22,23)/b9-5+. The van der Waals surface area contributed by atoms with Gasteiger partial charge in [0.1, 0.15) is 18.0 Å². The van der Waals surface area contributed by atoms with Gasteiger partial charge in [-0.2, -0.15) is 0 Å². The van der Waals surface area contributed by atoms with Crippen LogP contribution in [-0.2, 0) is 0 Å². The maximum absolute atomic E-state index is 4.44. The van der Waals surface area contributed by atoms with Gasteiger partial charge in [-0.3, -0.25) is 0 Å². The lowest BCUT2D eigenvalue weighted by atomic mass is 10.2.